The first-order chi connectivity index (χ1) is 15.7. The maximum absolute atomic E-state index is 4.78. The highest BCUT2D eigenvalue weighted by Gasteiger charge is 2.13. The van der Waals surface area contributed by atoms with Crippen molar-refractivity contribution in [3.8, 4) is 22.4 Å². The SMILES string of the molecule is CCc1ccc2cc(-c3ccnc(-c4cc5ccsc5c5ncc(C)cc45)c3)ccc2c1. The minimum atomic E-state index is 0.981. The van der Waals surface area contributed by atoms with Crippen molar-refractivity contribution < 1.29 is 0 Å². The van der Waals surface area contributed by atoms with Gasteiger partial charge in [-0.3, -0.25) is 9.97 Å². The van der Waals surface area contributed by atoms with Crippen molar-refractivity contribution in [2.24, 2.45) is 0 Å². The number of benzene rings is 3. The highest BCUT2D eigenvalue weighted by atomic mass is 32.1. The Morgan fingerprint density at radius 2 is 1.62 bits per heavy atom. The van der Waals surface area contributed by atoms with Gasteiger partial charge >= 0.3 is 0 Å². The summed E-state index contributed by atoms with van der Waals surface area (Å²) in [7, 11) is 0. The van der Waals surface area contributed by atoms with E-state index in [1.54, 1.807) is 11.3 Å². The summed E-state index contributed by atoms with van der Waals surface area (Å²) < 4.78 is 1.24. The predicted octanol–water partition coefficient (Wildman–Crippen LogP) is 8.20. The topological polar surface area (TPSA) is 25.8 Å². The molecule has 3 heterocycles. The van der Waals surface area contributed by atoms with E-state index in [1.165, 1.54) is 37.5 Å². The summed E-state index contributed by atoms with van der Waals surface area (Å²) in [5.74, 6) is 0. The molecule has 0 atom stereocenters. The smallest absolute Gasteiger partial charge is 0.0887 e. The fraction of sp³-hybridized carbons (Fsp3) is 0.103. The third-order valence-electron chi connectivity index (χ3n) is 6.21. The highest BCUT2D eigenvalue weighted by molar-refractivity contribution is 7.18. The molecule has 0 N–H and O–H groups in total. The van der Waals surface area contributed by atoms with Crippen LogP contribution < -0.4 is 0 Å². The lowest BCUT2D eigenvalue weighted by molar-refractivity contribution is 1.15. The van der Waals surface area contributed by atoms with Crippen LogP contribution >= 0.6 is 11.3 Å². The Hall–Kier alpha value is -3.56. The van der Waals surface area contributed by atoms with Crippen molar-refractivity contribution in [3.05, 3.63) is 95.6 Å². The molecule has 0 amide bonds. The van der Waals surface area contributed by atoms with E-state index in [4.69, 9.17) is 9.97 Å². The van der Waals surface area contributed by atoms with E-state index in [0.717, 1.165) is 34.1 Å². The quantitative estimate of drug-likeness (QED) is 0.283. The Morgan fingerprint density at radius 1 is 0.781 bits per heavy atom. The van der Waals surface area contributed by atoms with Crippen LogP contribution in [0.2, 0.25) is 0 Å². The summed E-state index contributed by atoms with van der Waals surface area (Å²) in [6.07, 6.45) is 4.93. The van der Waals surface area contributed by atoms with Gasteiger partial charge in [0.15, 0.2) is 0 Å². The first-order valence-electron chi connectivity index (χ1n) is 11.0. The molecule has 154 valence electrons. The van der Waals surface area contributed by atoms with Gasteiger partial charge in [-0.05, 0) is 93.5 Å². The summed E-state index contributed by atoms with van der Waals surface area (Å²) in [5.41, 5.74) is 8.09. The zero-order valence-corrected chi connectivity index (χ0v) is 18.9. The first-order valence-corrected chi connectivity index (χ1v) is 11.8. The largest absolute Gasteiger partial charge is 0.256 e. The minimum Gasteiger partial charge on any atom is -0.256 e. The van der Waals surface area contributed by atoms with E-state index >= 15 is 0 Å². The van der Waals surface area contributed by atoms with Gasteiger partial charge in [0.1, 0.15) is 0 Å². The molecule has 0 fully saturated rings. The van der Waals surface area contributed by atoms with Gasteiger partial charge in [-0.2, -0.15) is 0 Å². The molecular weight excluding hydrogens is 408 g/mol. The van der Waals surface area contributed by atoms with E-state index in [2.05, 4.69) is 86.0 Å². The molecule has 3 aromatic heterocycles. The monoisotopic (exact) mass is 430 g/mol. The number of thiophene rings is 1. The normalized spacial score (nSPS) is 11.6. The fourth-order valence-corrected chi connectivity index (χ4v) is 5.37. The highest BCUT2D eigenvalue weighted by Crippen LogP contribution is 2.37. The second-order valence-corrected chi connectivity index (χ2v) is 9.27. The second kappa shape index (κ2) is 7.54. The summed E-state index contributed by atoms with van der Waals surface area (Å²) in [6, 6.07) is 24.4. The molecular formula is C29H22N2S. The lowest BCUT2D eigenvalue weighted by Crippen LogP contribution is -1.90. The standard InChI is InChI=1S/C29H22N2S/c1-3-19-4-5-21-14-22(7-6-20(21)13-19)23-8-10-30-27(16-23)25-15-24-9-11-32-29(24)28-26(25)12-18(2)17-31-28/h4-17H,3H2,1-2H3. The van der Waals surface area contributed by atoms with Crippen LogP contribution in [0, 0.1) is 6.92 Å². The van der Waals surface area contributed by atoms with Gasteiger partial charge in [0.25, 0.3) is 0 Å². The Labute approximate surface area is 191 Å². The number of aromatic nitrogens is 2. The number of aryl methyl sites for hydroxylation is 2. The number of pyridine rings is 2. The van der Waals surface area contributed by atoms with Gasteiger partial charge in [-0.1, -0.05) is 37.3 Å². The Bertz CT molecular complexity index is 1630. The van der Waals surface area contributed by atoms with Crippen molar-refractivity contribution in [1.82, 2.24) is 9.97 Å². The van der Waals surface area contributed by atoms with Gasteiger partial charge in [0, 0.05) is 23.3 Å². The number of hydrogen-bond acceptors (Lipinski definition) is 3. The number of hydrogen-bond donors (Lipinski definition) is 0. The molecule has 0 unspecified atom stereocenters. The van der Waals surface area contributed by atoms with Crippen LogP contribution in [0.5, 0.6) is 0 Å². The van der Waals surface area contributed by atoms with Gasteiger partial charge < -0.3 is 0 Å². The number of nitrogens with zero attached hydrogens (tertiary/aromatic N) is 2. The molecule has 0 aliphatic heterocycles. The maximum Gasteiger partial charge on any atom is 0.0887 e. The van der Waals surface area contributed by atoms with Gasteiger partial charge in [-0.15, -0.1) is 11.3 Å². The van der Waals surface area contributed by atoms with Crippen molar-refractivity contribution in [3.63, 3.8) is 0 Å². The van der Waals surface area contributed by atoms with Crippen LogP contribution in [0.3, 0.4) is 0 Å². The first kappa shape index (κ1) is 19.1. The Kier molecular flexibility index (Phi) is 4.51. The van der Waals surface area contributed by atoms with Crippen LogP contribution in [-0.2, 0) is 6.42 Å². The van der Waals surface area contributed by atoms with E-state index in [9.17, 15) is 0 Å². The predicted molar refractivity (Wildman–Crippen MR) is 137 cm³/mol. The van der Waals surface area contributed by atoms with Crippen LogP contribution in [0.15, 0.2) is 84.5 Å². The summed E-state index contributed by atoms with van der Waals surface area (Å²) in [5, 5.41) is 7.08. The lowest BCUT2D eigenvalue weighted by Gasteiger charge is -2.11. The van der Waals surface area contributed by atoms with E-state index in [1.807, 2.05) is 12.4 Å². The molecule has 0 aliphatic carbocycles. The molecule has 2 nitrogen and oxygen atoms in total. The minimum absolute atomic E-state index is 0.981. The Balaban J connectivity index is 1.52. The molecule has 0 aliphatic rings. The average molecular weight is 431 g/mol. The molecule has 32 heavy (non-hydrogen) atoms. The van der Waals surface area contributed by atoms with E-state index < -0.39 is 0 Å². The van der Waals surface area contributed by atoms with Crippen LogP contribution in [0.25, 0.3) is 54.1 Å². The summed E-state index contributed by atoms with van der Waals surface area (Å²) >= 11 is 1.75. The van der Waals surface area contributed by atoms with Crippen molar-refractivity contribution in [2.75, 3.05) is 0 Å². The van der Waals surface area contributed by atoms with Crippen molar-refractivity contribution in [2.45, 2.75) is 20.3 Å². The molecule has 3 aromatic carbocycles. The summed E-state index contributed by atoms with van der Waals surface area (Å²) in [6.45, 7) is 4.29. The third kappa shape index (κ3) is 3.17. The lowest BCUT2D eigenvalue weighted by atomic mass is 9.97. The molecule has 0 bridgehead atoms. The Morgan fingerprint density at radius 3 is 2.53 bits per heavy atom. The van der Waals surface area contributed by atoms with Gasteiger partial charge in [0.05, 0.1) is 15.9 Å². The number of rotatable bonds is 3. The van der Waals surface area contributed by atoms with Gasteiger partial charge in [-0.25, -0.2) is 0 Å². The molecule has 0 saturated carbocycles. The maximum atomic E-state index is 4.78. The molecule has 3 heteroatoms. The molecule has 0 spiro atoms. The zero-order valence-electron chi connectivity index (χ0n) is 18.1. The van der Waals surface area contributed by atoms with Crippen LogP contribution in [0.1, 0.15) is 18.1 Å². The van der Waals surface area contributed by atoms with Crippen LogP contribution in [-0.4, -0.2) is 9.97 Å². The summed E-state index contributed by atoms with van der Waals surface area (Å²) in [4.78, 5) is 9.55. The molecule has 0 radical (unpaired) electrons. The second-order valence-electron chi connectivity index (χ2n) is 8.35. The zero-order chi connectivity index (χ0) is 21.7. The molecule has 6 aromatic rings. The fourth-order valence-electron chi connectivity index (χ4n) is 4.48. The average Bonchev–Trinajstić information content (AvgIpc) is 3.31. The van der Waals surface area contributed by atoms with Crippen LogP contribution in [0.4, 0.5) is 0 Å². The van der Waals surface area contributed by atoms with E-state index in [0.29, 0.717) is 0 Å². The molecule has 6 rings (SSSR count). The number of fused-ring (bicyclic) bond motifs is 4. The van der Waals surface area contributed by atoms with Gasteiger partial charge in [0.2, 0.25) is 0 Å². The van der Waals surface area contributed by atoms with Crippen molar-refractivity contribution in [1.29, 1.82) is 0 Å². The third-order valence-corrected chi connectivity index (χ3v) is 7.14. The van der Waals surface area contributed by atoms with E-state index in [-0.39, 0.29) is 0 Å². The molecule has 0 saturated heterocycles. The van der Waals surface area contributed by atoms with Crippen molar-refractivity contribution >= 4 is 43.1 Å².